The lowest BCUT2D eigenvalue weighted by atomic mass is 9.96. The van der Waals surface area contributed by atoms with Crippen LogP contribution in [-0.4, -0.2) is 47.4 Å². The van der Waals surface area contributed by atoms with E-state index >= 15 is 0 Å². The molecule has 0 aliphatic heterocycles. The number of hydrogen-bond donors (Lipinski definition) is 2. The first-order valence-corrected chi connectivity index (χ1v) is 9.53. The van der Waals surface area contributed by atoms with Gasteiger partial charge in [0.15, 0.2) is 12.4 Å². The molecule has 29 heavy (non-hydrogen) atoms. The van der Waals surface area contributed by atoms with Crippen molar-refractivity contribution >= 4 is 17.9 Å². The topological polar surface area (TPSA) is 112 Å². The van der Waals surface area contributed by atoms with Crippen molar-refractivity contribution in [3.05, 3.63) is 42.2 Å². The highest BCUT2D eigenvalue weighted by molar-refractivity contribution is 5.97. The van der Waals surface area contributed by atoms with Gasteiger partial charge >= 0.3 is 12.0 Å². The molecule has 0 unspecified atom stereocenters. The minimum Gasteiger partial charge on any atom is -0.493 e. The fourth-order valence-corrected chi connectivity index (χ4v) is 3.19. The lowest BCUT2D eigenvalue weighted by Crippen LogP contribution is -2.46. The highest BCUT2D eigenvalue weighted by Crippen LogP contribution is 2.20. The van der Waals surface area contributed by atoms with E-state index < -0.39 is 24.5 Å². The van der Waals surface area contributed by atoms with E-state index in [1.165, 1.54) is 11.8 Å². The minimum atomic E-state index is -0.820. The number of aromatic nitrogens is 2. The Kier molecular flexibility index (Phi) is 6.83. The molecule has 2 N–H and O–H groups in total. The Hall–Kier alpha value is -3.36. The second kappa shape index (κ2) is 9.72. The second-order valence-electron chi connectivity index (χ2n) is 6.76. The third-order valence-corrected chi connectivity index (χ3v) is 4.64. The van der Waals surface area contributed by atoms with Crippen molar-refractivity contribution in [1.82, 2.24) is 20.4 Å². The molecular formula is C20H24N4O5. The maximum atomic E-state index is 12.3. The number of carbonyl (C=O) groups excluding carboxylic acids is 3. The van der Waals surface area contributed by atoms with E-state index in [-0.39, 0.29) is 17.5 Å². The first-order chi connectivity index (χ1) is 14.1. The molecule has 0 radical (unpaired) electrons. The monoisotopic (exact) mass is 400 g/mol. The Balaban J connectivity index is 1.52. The summed E-state index contributed by atoms with van der Waals surface area (Å²) in [5.74, 6) is -1.32. The molecule has 0 atom stereocenters. The van der Waals surface area contributed by atoms with E-state index in [9.17, 15) is 14.4 Å². The first kappa shape index (κ1) is 20.4. The van der Waals surface area contributed by atoms with E-state index in [1.54, 1.807) is 6.20 Å². The van der Waals surface area contributed by atoms with Gasteiger partial charge in [0, 0.05) is 6.04 Å². The van der Waals surface area contributed by atoms with Crippen LogP contribution in [0.5, 0.6) is 5.75 Å². The van der Waals surface area contributed by atoms with Crippen molar-refractivity contribution in [2.24, 2.45) is 0 Å². The lowest BCUT2D eigenvalue weighted by Gasteiger charge is -2.22. The van der Waals surface area contributed by atoms with Gasteiger partial charge in [0.2, 0.25) is 5.69 Å². The maximum Gasteiger partial charge on any atom is 0.363 e. The van der Waals surface area contributed by atoms with Crippen LogP contribution in [0.2, 0.25) is 0 Å². The molecule has 1 aliphatic carbocycles. The smallest absolute Gasteiger partial charge is 0.363 e. The van der Waals surface area contributed by atoms with Crippen molar-refractivity contribution in [2.75, 3.05) is 13.7 Å². The number of benzene rings is 1. The van der Waals surface area contributed by atoms with E-state index in [0.29, 0.717) is 0 Å². The number of methoxy groups -OCH3 is 1. The van der Waals surface area contributed by atoms with Crippen LogP contribution < -0.4 is 15.4 Å². The zero-order valence-electron chi connectivity index (χ0n) is 16.2. The molecule has 1 aliphatic rings. The Morgan fingerprint density at radius 2 is 1.86 bits per heavy atom. The molecule has 1 aromatic carbocycles. The molecule has 2 aromatic rings. The molecule has 0 bridgehead atoms. The fraction of sp³-hybridized carbons (Fsp3) is 0.400. The summed E-state index contributed by atoms with van der Waals surface area (Å²) in [6, 6.07) is 8.67. The Bertz CT molecular complexity index is 859. The number of nitrogens with one attached hydrogen (secondary N) is 2. The van der Waals surface area contributed by atoms with Crippen LogP contribution in [0, 0.1) is 0 Å². The van der Waals surface area contributed by atoms with Gasteiger partial charge in [-0.15, -0.1) is 0 Å². The van der Waals surface area contributed by atoms with Crippen LogP contribution in [0.15, 0.2) is 36.5 Å². The Morgan fingerprint density at radius 1 is 1.14 bits per heavy atom. The number of esters is 1. The van der Waals surface area contributed by atoms with Crippen LogP contribution in [0.4, 0.5) is 4.79 Å². The molecule has 3 rings (SSSR count). The van der Waals surface area contributed by atoms with Gasteiger partial charge in [-0.25, -0.2) is 14.3 Å². The zero-order chi connectivity index (χ0) is 20.6. The van der Waals surface area contributed by atoms with Gasteiger partial charge in [-0.05, 0) is 25.0 Å². The number of ether oxygens (including phenoxy) is 2. The van der Waals surface area contributed by atoms with Gasteiger partial charge in [0.05, 0.1) is 19.0 Å². The van der Waals surface area contributed by atoms with E-state index in [0.717, 1.165) is 37.8 Å². The minimum absolute atomic E-state index is 0.0594. The largest absolute Gasteiger partial charge is 0.493 e. The van der Waals surface area contributed by atoms with Gasteiger partial charge in [-0.1, -0.05) is 37.5 Å². The molecular weight excluding hydrogens is 376 g/mol. The summed E-state index contributed by atoms with van der Waals surface area (Å²) >= 11 is 0. The predicted octanol–water partition coefficient (Wildman–Crippen LogP) is 2.20. The number of para-hydroxylation sites is 1. The predicted molar refractivity (Wildman–Crippen MR) is 104 cm³/mol. The molecule has 3 amide bonds. The highest BCUT2D eigenvalue weighted by Gasteiger charge is 2.22. The summed E-state index contributed by atoms with van der Waals surface area (Å²) in [7, 11) is 1.41. The third-order valence-electron chi connectivity index (χ3n) is 4.64. The highest BCUT2D eigenvalue weighted by atomic mass is 16.5. The molecule has 1 heterocycles. The number of imide groups is 1. The Morgan fingerprint density at radius 3 is 2.55 bits per heavy atom. The second-order valence-corrected chi connectivity index (χ2v) is 6.76. The van der Waals surface area contributed by atoms with Crippen LogP contribution >= 0.6 is 0 Å². The van der Waals surface area contributed by atoms with Crippen molar-refractivity contribution < 1.29 is 23.9 Å². The normalized spacial score (nSPS) is 14.1. The number of rotatable bonds is 6. The van der Waals surface area contributed by atoms with Crippen LogP contribution in [-0.2, 0) is 9.53 Å². The Labute approximate surface area is 168 Å². The van der Waals surface area contributed by atoms with Gasteiger partial charge in [-0.2, -0.15) is 5.10 Å². The molecule has 0 saturated heterocycles. The van der Waals surface area contributed by atoms with E-state index in [2.05, 4.69) is 15.7 Å². The van der Waals surface area contributed by atoms with Crippen molar-refractivity contribution in [1.29, 1.82) is 0 Å². The lowest BCUT2D eigenvalue weighted by molar-refractivity contribution is -0.123. The quantitative estimate of drug-likeness (QED) is 0.719. The van der Waals surface area contributed by atoms with Gasteiger partial charge in [0.1, 0.15) is 0 Å². The summed E-state index contributed by atoms with van der Waals surface area (Å²) in [5, 5.41) is 9.11. The number of carbonyl (C=O) groups is 3. The van der Waals surface area contributed by atoms with Crippen LogP contribution in [0.25, 0.3) is 5.69 Å². The fourth-order valence-electron chi connectivity index (χ4n) is 3.19. The number of amides is 3. The molecule has 1 saturated carbocycles. The van der Waals surface area contributed by atoms with Crippen LogP contribution in [0.3, 0.4) is 0 Å². The summed E-state index contributed by atoms with van der Waals surface area (Å²) in [6.45, 7) is -0.599. The van der Waals surface area contributed by atoms with Gasteiger partial charge in [-0.3, -0.25) is 10.1 Å². The van der Waals surface area contributed by atoms with Gasteiger partial charge in [0.25, 0.3) is 5.91 Å². The third kappa shape index (κ3) is 5.56. The van der Waals surface area contributed by atoms with Crippen molar-refractivity contribution in [3.8, 4) is 11.4 Å². The summed E-state index contributed by atoms with van der Waals surface area (Å²) in [4.78, 5) is 36.1. The average Bonchev–Trinajstić information content (AvgIpc) is 3.18. The summed E-state index contributed by atoms with van der Waals surface area (Å²) in [5.41, 5.74) is 0.679. The molecule has 154 valence electrons. The SMILES string of the molecule is COc1cn(-c2ccccc2)nc1C(=O)OCC(=O)NC(=O)NC1CCCCC1. The zero-order valence-corrected chi connectivity index (χ0v) is 16.2. The first-order valence-electron chi connectivity index (χ1n) is 9.53. The molecule has 1 aromatic heterocycles. The average molecular weight is 400 g/mol. The van der Waals surface area contributed by atoms with Crippen molar-refractivity contribution in [2.45, 2.75) is 38.1 Å². The molecule has 9 nitrogen and oxygen atoms in total. The van der Waals surface area contributed by atoms with E-state index in [4.69, 9.17) is 9.47 Å². The number of hydrogen-bond acceptors (Lipinski definition) is 6. The van der Waals surface area contributed by atoms with Crippen LogP contribution in [0.1, 0.15) is 42.6 Å². The standard InChI is InChI=1S/C20H24N4O5/c1-28-16-12-24(15-10-6-3-7-11-15)23-18(16)19(26)29-13-17(25)22-20(27)21-14-8-4-2-5-9-14/h3,6-7,10-12,14H,2,4-5,8-9,13H2,1H3,(H2,21,22,25,27). The summed E-state index contributed by atoms with van der Waals surface area (Å²) in [6.07, 6.45) is 6.64. The maximum absolute atomic E-state index is 12.3. The number of nitrogens with zero attached hydrogens (tertiary/aromatic N) is 2. The number of urea groups is 1. The summed E-state index contributed by atoms with van der Waals surface area (Å²) < 4.78 is 11.6. The molecule has 0 spiro atoms. The molecule has 9 heteroatoms. The molecule has 1 fully saturated rings. The van der Waals surface area contributed by atoms with Crippen molar-refractivity contribution in [3.63, 3.8) is 0 Å². The van der Waals surface area contributed by atoms with E-state index in [1.807, 2.05) is 30.3 Å². The van der Waals surface area contributed by atoms with Gasteiger partial charge < -0.3 is 14.8 Å².